The van der Waals surface area contributed by atoms with Crippen LogP contribution in [-0.2, 0) is 4.79 Å². The maximum Gasteiger partial charge on any atom is 0.405 e. The minimum Gasteiger partial charge on any atom is -0.465 e. The molecule has 136 valence electrons. The number of Topliss-reactive ketones (excluding diaryl/α,β-unsaturated/α-hetero) is 1. The van der Waals surface area contributed by atoms with Crippen molar-refractivity contribution in [3.8, 4) is 0 Å². The van der Waals surface area contributed by atoms with Gasteiger partial charge in [0, 0.05) is 0 Å². The average molecular weight is 364 g/mol. The molecule has 0 heterocycles. The largest absolute Gasteiger partial charge is 0.465 e. The molecule has 7 nitrogen and oxygen atoms in total. The van der Waals surface area contributed by atoms with Gasteiger partial charge in [-0.25, -0.2) is 18.4 Å². The number of halogens is 2. The first kappa shape index (κ1) is 18.8. The van der Waals surface area contributed by atoms with Gasteiger partial charge in [-0.15, -0.1) is 0 Å². The fraction of sp³-hybridized carbons (Fsp3) is 0.118. The van der Waals surface area contributed by atoms with E-state index in [2.05, 4.69) is 0 Å². The summed E-state index contributed by atoms with van der Waals surface area (Å²) in [4.78, 5) is 35.0. The van der Waals surface area contributed by atoms with Crippen LogP contribution in [0.1, 0.15) is 23.2 Å². The fourth-order valence-corrected chi connectivity index (χ4v) is 2.36. The third kappa shape index (κ3) is 4.76. The van der Waals surface area contributed by atoms with Gasteiger partial charge in [-0.1, -0.05) is 24.3 Å². The zero-order valence-corrected chi connectivity index (χ0v) is 13.1. The molecule has 2 rings (SSSR count). The van der Waals surface area contributed by atoms with Crippen LogP contribution in [0.3, 0.4) is 0 Å². The van der Waals surface area contributed by atoms with Crippen LogP contribution in [0.2, 0.25) is 0 Å². The maximum absolute atomic E-state index is 13.1. The van der Waals surface area contributed by atoms with Crippen molar-refractivity contribution in [1.82, 2.24) is 10.6 Å². The summed E-state index contributed by atoms with van der Waals surface area (Å²) in [6, 6.07) is 6.05. The van der Waals surface area contributed by atoms with E-state index in [-0.39, 0.29) is 11.1 Å². The number of hydrogen-bond donors (Lipinski definition) is 4. The van der Waals surface area contributed by atoms with Crippen LogP contribution in [0.4, 0.5) is 18.4 Å². The van der Waals surface area contributed by atoms with Gasteiger partial charge < -0.3 is 20.8 Å². The Morgan fingerprint density at radius 1 is 0.692 bits per heavy atom. The van der Waals surface area contributed by atoms with E-state index < -0.39 is 41.7 Å². The van der Waals surface area contributed by atoms with E-state index in [0.717, 1.165) is 24.3 Å². The molecule has 0 unspecified atom stereocenters. The molecule has 2 atom stereocenters. The Morgan fingerprint density at radius 2 is 1.00 bits per heavy atom. The molecule has 9 heteroatoms. The Bertz CT molecular complexity index is 741. The molecule has 0 saturated heterocycles. The van der Waals surface area contributed by atoms with Crippen LogP contribution in [0.15, 0.2) is 48.5 Å². The SMILES string of the molecule is O=C(O)N[C@@H](C(=O)[C@H](NC(=O)O)c1ccc(F)cc1)c1ccc(F)cc1. The first-order chi connectivity index (χ1) is 12.3. The van der Waals surface area contributed by atoms with Crippen molar-refractivity contribution in [3.05, 3.63) is 71.3 Å². The number of amides is 2. The van der Waals surface area contributed by atoms with E-state index >= 15 is 0 Å². The lowest BCUT2D eigenvalue weighted by molar-refractivity contribution is -0.123. The summed E-state index contributed by atoms with van der Waals surface area (Å²) >= 11 is 0. The zero-order valence-electron chi connectivity index (χ0n) is 13.1. The molecule has 2 amide bonds. The molecule has 0 radical (unpaired) electrons. The Hall–Kier alpha value is -3.49. The van der Waals surface area contributed by atoms with Gasteiger partial charge >= 0.3 is 12.2 Å². The van der Waals surface area contributed by atoms with Gasteiger partial charge in [0.25, 0.3) is 0 Å². The molecule has 26 heavy (non-hydrogen) atoms. The number of rotatable bonds is 6. The molecule has 4 N–H and O–H groups in total. The number of ketones is 1. The second-order valence-electron chi connectivity index (χ2n) is 5.27. The zero-order chi connectivity index (χ0) is 19.3. The summed E-state index contributed by atoms with van der Waals surface area (Å²) < 4.78 is 26.2. The summed E-state index contributed by atoms with van der Waals surface area (Å²) in [5.41, 5.74) is 0.246. The third-order valence-electron chi connectivity index (χ3n) is 3.51. The van der Waals surface area contributed by atoms with Gasteiger partial charge in [-0.05, 0) is 35.4 Å². The number of carbonyl (C=O) groups excluding carboxylic acids is 1. The van der Waals surface area contributed by atoms with Crippen LogP contribution < -0.4 is 10.6 Å². The molecule has 2 aromatic carbocycles. The molecule has 0 spiro atoms. The topological polar surface area (TPSA) is 116 Å². The number of carboxylic acid groups (broad SMARTS) is 2. The second kappa shape index (κ2) is 8.06. The highest BCUT2D eigenvalue weighted by Gasteiger charge is 2.32. The average Bonchev–Trinajstić information content (AvgIpc) is 2.58. The van der Waals surface area contributed by atoms with E-state index in [0.29, 0.717) is 0 Å². The van der Waals surface area contributed by atoms with Crippen LogP contribution in [0.5, 0.6) is 0 Å². The smallest absolute Gasteiger partial charge is 0.405 e. The molecular weight excluding hydrogens is 350 g/mol. The van der Waals surface area contributed by atoms with Crippen LogP contribution >= 0.6 is 0 Å². The molecule has 0 aliphatic heterocycles. The third-order valence-corrected chi connectivity index (χ3v) is 3.51. The van der Waals surface area contributed by atoms with Gasteiger partial charge in [0.1, 0.15) is 23.7 Å². The molecule has 2 aromatic rings. The van der Waals surface area contributed by atoms with Crippen LogP contribution in [0, 0.1) is 11.6 Å². The highest BCUT2D eigenvalue weighted by molar-refractivity contribution is 5.95. The Kier molecular flexibility index (Phi) is 5.84. The van der Waals surface area contributed by atoms with Gasteiger partial charge in [0.2, 0.25) is 0 Å². The number of nitrogens with one attached hydrogen (secondary N) is 2. The molecule has 0 aromatic heterocycles. The minimum atomic E-state index is -1.53. The normalized spacial score (nSPS) is 12.7. The lowest BCUT2D eigenvalue weighted by Gasteiger charge is -2.23. The molecule has 0 bridgehead atoms. The van der Waals surface area contributed by atoms with E-state index in [4.69, 9.17) is 10.2 Å². The van der Waals surface area contributed by atoms with E-state index in [1.165, 1.54) is 24.3 Å². The van der Waals surface area contributed by atoms with E-state index in [1.54, 1.807) is 0 Å². The van der Waals surface area contributed by atoms with Crippen molar-refractivity contribution in [2.75, 3.05) is 0 Å². The highest BCUT2D eigenvalue weighted by Crippen LogP contribution is 2.24. The van der Waals surface area contributed by atoms with Crippen molar-refractivity contribution in [2.45, 2.75) is 12.1 Å². The lowest BCUT2D eigenvalue weighted by atomic mass is 9.93. The van der Waals surface area contributed by atoms with E-state index in [9.17, 15) is 23.2 Å². The summed E-state index contributed by atoms with van der Waals surface area (Å²) in [6.45, 7) is 0. The van der Waals surface area contributed by atoms with Gasteiger partial charge in [-0.2, -0.15) is 0 Å². The van der Waals surface area contributed by atoms with Gasteiger partial charge in [-0.3, -0.25) is 4.79 Å². The quantitative estimate of drug-likeness (QED) is 0.629. The van der Waals surface area contributed by atoms with Crippen LogP contribution in [-0.4, -0.2) is 28.2 Å². The van der Waals surface area contributed by atoms with Crippen molar-refractivity contribution in [3.63, 3.8) is 0 Å². The first-order valence-corrected chi connectivity index (χ1v) is 7.31. The Morgan fingerprint density at radius 3 is 1.27 bits per heavy atom. The molecule has 0 fully saturated rings. The lowest BCUT2D eigenvalue weighted by Crippen LogP contribution is -2.41. The Balaban J connectivity index is 2.43. The van der Waals surface area contributed by atoms with Gasteiger partial charge in [0.15, 0.2) is 5.78 Å². The maximum atomic E-state index is 13.1. The molecule has 0 saturated carbocycles. The van der Waals surface area contributed by atoms with Crippen LogP contribution in [0.25, 0.3) is 0 Å². The number of hydrogen-bond acceptors (Lipinski definition) is 3. The standard InChI is InChI=1S/C17H14F2N2O5/c18-11-5-1-9(2-6-11)13(20-16(23)24)15(22)14(21-17(25)26)10-3-7-12(19)8-4-10/h1-8,13-14,20-21H,(H,23,24)(H,25,26)/t13-,14-/m1/s1. The Labute approximate surface area is 146 Å². The predicted molar refractivity (Wildman–Crippen MR) is 85.6 cm³/mol. The number of carbonyl (C=O) groups is 3. The summed E-state index contributed by atoms with van der Waals surface area (Å²) in [6.07, 6.45) is -3.05. The monoisotopic (exact) mass is 364 g/mol. The van der Waals surface area contributed by atoms with Crippen molar-refractivity contribution >= 4 is 18.0 Å². The summed E-state index contributed by atoms with van der Waals surface area (Å²) in [5.74, 6) is -2.03. The van der Waals surface area contributed by atoms with Crippen molar-refractivity contribution < 1.29 is 33.4 Å². The highest BCUT2D eigenvalue weighted by atomic mass is 19.1. The molecule has 0 aliphatic rings. The van der Waals surface area contributed by atoms with Crippen molar-refractivity contribution in [1.29, 1.82) is 0 Å². The molecular formula is C17H14F2N2O5. The molecule has 0 aliphatic carbocycles. The minimum absolute atomic E-state index is 0.123. The fourth-order valence-electron chi connectivity index (χ4n) is 2.36. The second-order valence-corrected chi connectivity index (χ2v) is 5.27. The first-order valence-electron chi connectivity index (χ1n) is 7.31. The summed E-state index contributed by atoms with van der Waals surface area (Å²) in [7, 11) is 0. The summed E-state index contributed by atoms with van der Waals surface area (Å²) in [5, 5.41) is 22.0. The number of benzene rings is 2. The predicted octanol–water partition coefficient (Wildman–Crippen LogP) is 2.85. The van der Waals surface area contributed by atoms with Gasteiger partial charge in [0.05, 0.1) is 0 Å². The van der Waals surface area contributed by atoms with Crippen molar-refractivity contribution in [2.24, 2.45) is 0 Å². The van der Waals surface area contributed by atoms with E-state index in [1.807, 2.05) is 10.6 Å².